The molecule has 1 saturated heterocycles. The van der Waals surface area contributed by atoms with E-state index >= 15 is 0 Å². The summed E-state index contributed by atoms with van der Waals surface area (Å²) >= 11 is 0. The monoisotopic (exact) mass is 306 g/mol. The Kier molecular flexibility index (Phi) is 3.74. The summed E-state index contributed by atoms with van der Waals surface area (Å²) in [5, 5.41) is 9.33. The fourth-order valence-electron chi connectivity index (χ4n) is 3.67. The molecule has 3 unspecified atom stereocenters. The van der Waals surface area contributed by atoms with E-state index in [-0.39, 0.29) is 18.3 Å². The number of rotatable bonds is 3. The number of hydrogen-bond donors (Lipinski definition) is 2. The number of nitrogens with zero attached hydrogens (tertiary/aromatic N) is 1. The van der Waals surface area contributed by atoms with E-state index in [1.54, 1.807) is 7.11 Å². The lowest BCUT2D eigenvalue weighted by Gasteiger charge is -2.51. The second-order valence-corrected chi connectivity index (χ2v) is 6.26. The molecule has 1 aromatic carbocycles. The van der Waals surface area contributed by atoms with Gasteiger partial charge in [-0.2, -0.15) is 0 Å². The second kappa shape index (κ2) is 5.44. The van der Waals surface area contributed by atoms with Crippen molar-refractivity contribution in [2.45, 2.75) is 24.5 Å². The highest BCUT2D eigenvalue weighted by Crippen LogP contribution is 2.50. The van der Waals surface area contributed by atoms with Gasteiger partial charge in [-0.25, -0.2) is 0 Å². The molecule has 6 heteroatoms. The van der Waals surface area contributed by atoms with E-state index in [1.165, 1.54) is 0 Å². The van der Waals surface area contributed by atoms with Gasteiger partial charge >= 0.3 is 5.97 Å². The third kappa shape index (κ3) is 2.42. The molecule has 0 radical (unpaired) electrons. The molecule has 2 heterocycles. The van der Waals surface area contributed by atoms with E-state index in [0.29, 0.717) is 17.9 Å². The van der Waals surface area contributed by atoms with Crippen LogP contribution >= 0.6 is 0 Å². The third-order valence-electron chi connectivity index (χ3n) is 4.82. The number of methoxy groups -OCH3 is 1. The van der Waals surface area contributed by atoms with Crippen LogP contribution in [0.3, 0.4) is 0 Å². The smallest absolute Gasteiger partial charge is 0.303 e. The van der Waals surface area contributed by atoms with Crippen LogP contribution in [0, 0.1) is 5.92 Å². The van der Waals surface area contributed by atoms with Gasteiger partial charge in [0, 0.05) is 36.9 Å². The Morgan fingerprint density at radius 3 is 3.05 bits per heavy atom. The molecule has 22 heavy (non-hydrogen) atoms. The van der Waals surface area contributed by atoms with Gasteiger partial charge in [-0.05, 0) is 13.1 Å². The van der Waals surface area contributed by atoms with Crippen molar-refractivity contribution < 1.29 is 19.4 Å². The van der Waals surface area contributed by atoms with Gasteiger partial charge in [-0.1, -0.05) is 12.1 Å². The van der Waals surface area contributed by atoms with E-state index < -0.39 is 11.7 Å². The van der Waals surface area contributed by atoms with Crippen LogP contribution in [0.15, 0.2) is 18.2 Å². The first-order valence-corrected chi connectivity index (χ1v) is 7.49. The zero-order valence-corrected chi connectivity index (χ0v) is 12.9. The van der Waals surface area contributed by atoms with Crippen LogP contribution in [0.2, 0.25) is 0 Å². The minimum atomic E-state index is -0.839. The van der Waals surface area contributed by atoms with Crippen LogP contribution in [0.5, 0.6) is 11.5 Å². The highest BCUT2D eigenvalue weighted by Gasteiger charge is 2.51. The first kappa shape index (κ1) is 15.1. The van der Waals surface area contributed by atoms with Crippen LogP contribution in [0.25, 0.3) is 0 Å². The lowest BCUT2D eigenvalue weighted by Crippen LogP contribution is -2.63. The predicted molar refractivity (Wildman–Crippen MR) is 81.1 cm³/mol. The zero-order chi connectivity index (χ0) is 15.9. The number of ether oxygens (including phenoxy) is 2. The number of piperidine rings is 1. The number of carbonyl (C=O) groups is 1. The minimum absolute atomic E-state index is 0.0426. The van der Waals surface area contributed by atoms with Crippen LogP contribution in [0.1, 0.15) is 24.3 Å². The van der Waals surface area contributed by atoms with Gasteiger partial charge in [0.25, 0.3) is 0 Å². The van der Waals surface area contributed by atoms with Crippen molar-refractivity contribution in [3.63, 3.8) is 0 Å². The summed E-state index contributed by atoms with van der Waals surface area (Å²) in [6, 6.07) is 5.60. The number of carboxylic acid groups (broad SMARTS) is 1. The van der Waals surface area contributed by atoms with Gasteiger partial charge in [0.1, 0.15) is 0 Å². The van der Waals surface area contributed by atoms with Crippen molar-refractivity contribution in [3.8, 4) is 11.5 Å². The molecule has 0 saturated carbocycles. The summed E-state index contributed by atoms with van der Waals surface area (Å²) in [5.74, 6) is 0.150. The number of fused-ring (bicyclic) bond motifs is 2. The molecule has 3 N–H and O–H groups in total. The van der Waals surface area contributed by atoms with E-state index in [2.05, 4.69) is 4.90 Å². The summed E-state index contributed by atoms with van der Waals surface area (Å²) in [5.41, 5.74) is 6.57. The Balaban J connectivity index is 2.10. The number of para-hydroxylation sites is 1. The molecule has 3 rings (SSSR count). The van der Waals surface area contributed by atoms with Crippen molar-refractivity contribution >= 4 is 5.97 Å². The average Bonchev–Trinajstić information content (AvgIpc) is 2.47. The van der Waals surface area contributed by atoms with Crippen molar-refractivity contribution in [2.75, 3.05) is 27.2 Å². The number of carboxylic acids is 1. The van der Waals surface area contributed by atoms with Gasteiger partial charge < -0.3 is 19.5 Å². The second-order valence-electron chi connectivity index (χ2n) is 6.26. The molecule has 1 fully saturated rings. The highest BCUT2D eigenvalue weighted by atomic mass is 16.5. The quantitative estimate of drug-likeness (QED) is 0.874. The number of hydrogen-bond acceptors (Lipinski definition) is 5. The molecule has 1 aromatic rings. The molecule has 0 bridgehead atoms. The summed E-state index contributed by atoms with van der Waals surface area (Å²) in [4.78, 5) is 13.5. The fourth-order valence-corrected chi connectivity index (χ4v) is 3.67. The van der Waals surface area contributed by atoms with Crippen molar-refractivity contribution in [3.05, 3.63) is 23.8 Å². The Morgan fingerprint density at radius 2 is 2.36 bits per heavy atom. The first-order chi connectivity index (χ1) is 10.4. The van der Waals surface area contributed by atoms with Crippen LogP contribution in [0.4, 0.5) is 0 Å². The number of benzene rings is 1. The van der Waals surface area contributed by atoms with Crippen molar-refractivity contribution in [1.29, 1.82) is 0 Å². The Bertz CT molecular complexity index is 592. The molecule has 2 aliphatic rings. The molecule has 2 aliphatic heterocycles. The zero-order valence-electron chi connectivity index (χ0n) is 12.9. The maximum absolute atomic E-state index is 11.4. The largest absolute Gasteiger partial charge is 0.493 e. The normalized spacial score (nSPS) is 30.9. The van der Waals surface area contributed by atoms with Crippen LogP contribution in [-0.4, -0.2) is 48.9 Å². The lowest BCUT2D eigenvalue weighted by atomic mass is 9.72. The van der Waals surface area contributed by atoms with Gasteiger partial charge in [0.05, 0.1) is 13.5 Å². The van der Waals surface area contributed by atoms with Gasteiger partial charge in [-0.15, -0.1) is 0 Å². The molecule has 0 aliphatic carbocycles. The third-order valence-corrected chi connectivity index (χ3v) is 4.82. The standard InChI is InChI=1S/C16H22N2O4/c1-18-7-6-16(17)12(9-18)11(8-14(19)20)10-4-3-5-13(21-2)15(10)22-16/h3-5,11-12H,6-9,17H2,1-2H3,(H,19,20). The molecule has 0 aromatic heterocycles. The number of likely N-dealkylation sites (tertiary alicyclic amines) is 1. The molecular formula is C16H22N2O4. The van der Waals surface area contributed by atoms with E-state index in [0.717, 1.165) is 18.7 Å². The molecule has 120 valence electrons. The topological polar surface area (TPSA) is 85.0 Å². The molecule has 3 atom stereocenters. The molecule has 6 nitrogen and oxygen atoms in total. The highest BCUT2D eigenvalue weighted by molar-refractivity contribution is 5.69. The molecule has 0 amide bonds. The SMILES string of the molecule is COc1cccc2c1OC1(N)CCN(C)CC1C2CC(=O)O. The summed E-state index contributed by atoms with van der Waals surface area (Å²) < 4.78 is 11.5. The first-order valence-electron chi connectivity index (χ1n) is 7.49. The van der Waals surface area contributed by atoms with Crippen molar-refractivity contribution in [2.24, 2.45) is 11.7 Å². The van der Waals surface area contributed by atoms with Crippen molar-refractivity contribution in [1.82, 2.24) is 4.90 Å². The maximum Gasteiger partial charge on any atom is 0.303 e. The van der Waals surface area contributed by atoms with E-state index in [4.69, 9.17) is 15.2 Å². The van der Waals surface area contributed by atoms with Crippen LogP contribution in [-0.2, 0) is 4.79 Å². The number of nitrogens with two attached hydrogens (primary N) is 1. The van der Waals surface area contributed by atoms with Gasteiger partial charge in [0.15, 0.2) is 17.2 Å². The Morgan fingerprint density at radius 1 is 1.59 bits per heavy atom. The Hall–Kier alpha value is -1.79. The summed E-state index contributed by atoms with van der Waals surface area (Å²) in [6.45, 7) is 1.56. The molecule has 0 spiro atoms. The Labute approximate surface area is 129 Å². The van der Waals surface area contributed by atoms with E-state index in [1.807, 2.05) is 25.2 Å². The van der Waals surface area contributed by atoms with Gasteiger partial charge in [-0.3, -0.25) is 10.5 Å². The van der Waals surface area contributed by atoms with E-state index in [9.17, 15) is 9.90 Å². The summed E-state index contributed by atoms with van der Waals surface area (Å²) in [6.07, 6.45) is 0.711. The predicted octanol–water partition coefficient (Wildman–Crippen LogP) is 1.25. The average molecular weight is 306 g/mol. The minimum Gasteiger partial charge on any atom is -0.493 e. The van der Waals surface area contributed by atoms with Crippen LogP contribution < -0.4 is 15.2 Å². The fraction of sp³-hybridized carbons (Fsp3) is 0.562. The molecular weight excluding hydrogens is 284 g/mol. The maximum atomic E-state index is 11.4. The lowest BCUT2D eigenvalue weighted by molar-refractivity contribution is -0.139. The van der Waals surface area contributed by atoms with Gasteiger partial charge in [0.2, 0.25) is 0 Å². The number of aliphatic carboxylic acids is 1. The summed E-state index contributed by atoms with van der Waals surface area (Å²) in [7, 11) is 3.60.